The Balaban J connectivity index is 0. The third-order valence-electron chi connectivity index (χ3n) is 3.89. The van der Waals surface area contributed by atoms with Crippen LogP contribution in [0.2, 0.25) is 0 Å². The molecule has 0 aromatic carbocycles. The maximum atomic E-state index is 5.29. The van der Waals surface area contributed by atoms with Crippen molar-refractivity contribution in [2.45, 2.75) is 52.4 Å². The predicted molar refractivity (Wildman–Crippen MR) is 81.1 cm³/mol. The topological polar surface area (TPSA) is 9.23 Å². The summed E-state index contributed by atoms with van der Waals surface area (Å²) in [5.41, 5.74) is 0. The van der Waals surface area contributed by atoms with Gasteiger partial charge in [0.05, 0.1) is 0 Å². The summed E-state index contributed by atoms with van der Waals surface area (Å²) in [6, 6.07) is 0. The maximum absolute atomic E-state index is 5.29. The third-order valence-corrected chi connectivity index (χ3v) is 4.81. The average molecular weight is 455 g/mol. The van der Waals surface area contributed by atoms with Gasteiger partial charge in [0.15, 0.2) is 0 Å². The standard InChI is InChI=1S/C12H23O.H3P.H2S.Tl/c1-3-11(7-5-9-13)12-8-4-6-10(12)2;;;/h10-12H,3-9H2,1-2H3;1H3;1H2;/q-1;;;+1/p-1/t10?,11-,12?;;;/m1.../s1. The first-order valence-electron chi connectivity index (χ1n) is 6.11. The van der Waals surface area contributed by atoms with E-state index in [1.165, 1.54) is 38.5 Å². The van der Waals surface area contributed by atoms with Crippen LogP contribution in [0.15, 0.2) is 0 Å². The second-order valence-electron chi connectivity index (χ2n) is 4.75. The molecule has 0 N–H and O–H groups in total. The van der Waals surface area contributed by atoms with E-state index in [1.54, 1.807) is 0 Å². The predicted octanol–water partition coefficient (Wildman–Crippen LogP) is 3.12. The van der Waals surface area contributed by atoms with Gasteiger partial charge in [-0.3, -0.25) is 0 Å². The summed E-state index contributed by atoms with van der Waals surface area (Å²) >= 11 is 0.727. The van der Waals surface area contributed by atoms with Crippen LogP contribution in [0.1, 0.15) is 52.4 Å². The van der Waals surface area contributed by atoms with E-state index in [0.717, 1.165) is 50.6 Å². The van der Waals surface area contributed by atoms with Crippen molar-refractivity contribution in [3.05, 3.63) is 0 Å². The summed E-state index contributed by atoms with van der Waals surface area (Å²) in [5.74, 6) is 2.99. The minimum absolute atomic E-state index is 0. The van der Waals surface area contributed by atoms with E-state index < -0.39 is 0 Å². The molecule has 1 aliphatic rings. The Morgan fingerprint density at radius 2 is 2.06 bits per heavy atom. The van der Waals surface area contributed by atoms with Gasteiger partial charge in [-0.1, -0.05) is 0 Å². The molecule has 0 radical (unpaired) electrons. The number of thiol groups is 1. The molecule has 0 aromatic heterocycles. The molecule has 0 aliphatic heterocycles. The zero-order valence-electron chi connectivity index (χ0n) is 10.8. The molecule has 1 fully saturated rings. The van der Waals surface area contributed by atoms with Crippen molar-refractivity contribution < 1.29 is 2.69 Å². The van der Waals surface area contributed by atoms with Gasteiger partial charge in [-0.15, -0.1) is 0 Å². The molecule has 96 valence electrons. The molecular formula is C12H27OPSTl-. The molecule has 0 spiro atoms. The van der Waals surface area contributed by atoms with Crippen molar-refractivity contribution in [1.82, 2.24) is 0 Å². The molecule has 1 aliphatic carbocycles. The van der Waals surface area contributed by atoms with E-state index in [2.05, 4.69) is 13.8 Å². The molecule has 1 saturated carbocycles. The van der Waals surface area contributed by atoms with Crippen LogP contribution >= 0.6 is 9.90 Å². The minimum Gasteiger partial charge on any atom is -0.813 e. The molecule has 1 rings (SSSR count). The summed E-state index contributed by atoms with van der Waals surface area (Å²) in [6.07, 6.45) is 8.50. The van der Waals surface area contributed by atoms with Crippen molar-refractivity contribution in [3.63, 3.8) is 0 Å². The first-order valence-corrected chi connectivity index (χ1v) is 7.94. The van der Waals surface area contributed by atoms with Crippen molar-refractivity contribution in [2.24, 2.45) is 17.8 Å². The number of hydrogen-bond acceptors (Lipinski definition) is 2. The van der Waals surface area contributed by atoms with Gasteiger partial charge in [0.2, 0.25) is 0 Å². The summed E-state index contributed by atoms with van der Waals surface area (Å²) in [5, 5.41) is 0. The Morgan fingerprint density at radius 3 is 2.50 bits per heavy atom. The van der Waals surface area contributed by atoms with Gasteiger partial charge in [-0.2, -0.15) is 9.90 Å². The molecule has 4 atom stereocenters. The Morgan fingerprint density at radius 1 is 1.38 bits per heavy atom. The molecule has 0 aromatic rings. The second-order valence-corrected chi connectivity index (χ2v) is 6.05. The molecule has 0 amide bonds. The first-order chi connectivity index (χ1) is 6.79. The van der Waals surface area contributed by atoms with Crippen LogP contribution in [0.3, 0.4) is 0 Å². The molecule has 0 saturated heterocycles. The SMILES string of the molecule is CC[C@H](CCC[O][Tl])C1CCCC1C.P.[SH-]. The molecule has 3 unspecified atom stereocenters. The molecule has 4 heteroatoms. The van der Waals surface area contributed by atoms with Gasteiger partial charge in [0, 0.05) is 0 Å². The Labute approximate surface area is 128 Å². The Hall–Kier alpha value is 1.66. The zero-order valence-corrected chi connectivity index (χ0v) is 17.6. The quantitative estimate of drug-likeness (QED) is 0.201. The van der Waals surface area contributed by atoms with E-state index in [0.29, 0.717) is 0 Å². The van der Waals surface area contributed by atoms with E-state index in [4.69, 9.17) is 2.69 Å². The van der Waals surface area contributed by atoms with Gasteiger partial charge in [-0.05, 0) is 0 Å². The summed E-state index contributed by atoms with van der Waals surface area (Å²) in [6.45, 7) is 5.83. The zero-order chi connectivity index (χ0) is 10.4. The van der Waals surface area contributed by atoms with Crippen LogP contribution in [0.25, 0.3) is 0 Å². The molecule has 1 nitrogen and oxygen atoms in total. The van der Waals surface area contributed by atoms with Crippen LogP contribution < -0.4 is 0 Å². The van der Waals surface area contributed by atoms with Gasteiger partial charge in [-0.25, -0.2) is 0 Å². The fourth-order valence-electron chi connectivity index (χ4n) is 3.02. The van der Waals surface area contributed by atoms with Crippen molar-refractivity contribution in [1.29, 1.82) is 0 Å². The normalized spacial score (nSPS) is 25.6. The summed E-state index contributed by atoms with van der Waals surface area (Å²) in [7, 11) is 0. The fraction of sp³-hybridized carbons (Fsp3) is 1.00. The van der Waals surface area contributed by atoms with Gasteiger partial charge >= 0.3 is 106 Å². The average Bonchev–Trinajstić information content (AvgIpc) is 2.60. The van der Waals surface area contributed by atoms with Crippen LogP contribution in [0.5, 0.6) is 0 Å². The molecule has 0 heterocycles. The smallest absolute Gasteiger partial charge is 0.153 e. The Kier molecular flexibility index (Phi) is 14.7. The van der Waals surface area contributed by atoms with E-state index >= 15 is 0 Å². The van der Waals surface area contributed by atoms with Gasteiger partial charge in [0.25, 0.3) is 0 Å². The van der Waals surface area contributed by atoms with Crippen LogP contribution in [-0.2, 0) is 16.2 Å². The van der Waals surface area contributed by atoms with E-state index in [-0.39, 0.29) is 23.4 Å². The first kappa shape index (κ1) is 20.0. The van der Waals surface area contributed by atoms with Crippen LogP contribution in [-0.4, -0.2) is 32.8 Å². The monoisotopic (exact) mass is 455 g/mol. The second kappa shape index (κ2) is 11.7. The summed E-state index contributed by atoms with van der Waals surface area (Å²) < 4.78 is 5.29. The molecule has 16 heavy (non-hydrogen) atoms. The summed E-state index contributed by atoms with van der Waals surface area (Å²) in [4.78, 5) is 0. The van der Waals surface area contributed by atoms with Crippen molar-refractivity contribution in [2.75, 3.05) is 6.61 Å². The third kappa shape index (κ3) is 6.56. The van der Waals surface area contributed by atoms with Gasteiger partial charge in [0.1, 0.15) is 0 Å². The fourth-order valence-corrected chi connectivity index (χ4v) is 3.67. The van der Waals surface area contributed by atoms with Crippen LogP contribution in [0, 0.1) is 17.8 Å². The minimum atomic E-state index is 0. The number of rotatable bonds is 6. The van der Waals surface area contributed by atoms with Crippen molar-refractivity contribution >= 4 is 49.6 Å². The number of hydrogen-bond donors (Lipinski definition) is 0. The maximum Gasteiger partial charge on any atom is -0.153 e. The van der Waals surface area contributed by atoms with E-state index in [1.807, 2.05) is 0 Å². The van der Waals surface area contributed by atoms with Crippen LogP contribution in [0.4, 0.5) is 0 Å². The largest absolute Gasteiger partial charge is 0.813 e. The van der Waals surface area contributed by atoms with E-state index in [9.17, 15) is 0 Å². The molecular weight excluding hydrogens is 428 g/mol. The van der Waals surface area contributed by atoms with Crippen molar-refractivity contribution in [3.8, 4) is 0 Å². The Bertz CT molecular complexity index is 160. The molecule has 0 bridgehead atoms. The van der Waals surface area contributed by atoms with Gasteiger partial charge < -0.3 is 13.5 Å².